The molecule has 0 aliphatic heterocycles. The van der Waals surface area contributed by atoms with Crippen molar-refractivity contribution in [1.29, 1.82) is 0 Å². The van der Waals surface area contributed by atoms with Crippen molar-refractivity contribution in [3.8, 4) is 0 Å². The van der Waals surface area contributed by atoms with E-state index in [-0.39, 0.29) is 0 Å². The second kappa shape index (κ2) is 7.83. The summed E-state index contributed by atoms with van der Waals surface area (Å²) in [6, 6.07) is 4.14. The van der Waals surface area contributed by atoms with E-state index in [0.717, 1.165) is 12.1 Å². The lowest BCUT2D eigenvalue weighted by molar-refractivity contribution is -0.441. The molecule has 2 nitrogen and oxygen atoms in total. The predicted molar refractivity (Wildman–Crippen MR) is 85.7 cm³/mol. The Labute approximate surface area is 172 Å². The van der Waals surface area contributed by atoms with Crippen molar-refractivity contribution in [1.82, 2.24) is 0 Å². The molecular weight excluding hydrogens is 481 g/mol. The van der Waals surface area contributed by atoms with Crippen molar-refractivity contribution in [2.24, 2.45) is 0 Å². The van der Waals surface area contributed by atoms with Crippen molar-refractivity contribution >= 4 is 5.69 Å². The summed E-state index contributed by atoms with van der Waals surface area (Å²) in [5.41, 5.74) is -3.30. The minimum Gasteiger partial charge on any atom is -0.385 e. The monoisotopic (exact) mass is 497 g/mol. The molecular formula is C17H16F13NO. The topological polar surface area (TPSA) is 23.5 Å². The molecule has 0 saturated carbocycles. The minimum atomic E-state index is -7.97. The normalized spacial score (nSPS) is 16.7. The molecule has 0 aromatic heterocycles. The van der Waals surface area contributed by atoms with E-state index < -0.39 is 53.4 Å². The van der Waals surface area contributed by atoms with Crippen LogP contribution in [0.1, 0.15) is 18.9 Å². The number of rotatable bonds is 8. The van der Waals surface area contributed by atoms with E-state index in [1.807, 2.05) is 0 Å². The summed E-state index contributed by atoms with van der Waals surface area (Å²) in [5, 5.41) is 10.1. The van der Waals surface area contributed by atoms with Crippen LogP contribution in [-0.4, -0.2) is 55.0 Å². The Balaban J connectivity index is 3.41. The Morgan fingerprint density at radius 1 is 0.656 bits per heavy atom. The van der Waals surface area contributed by atoms with Gasteiger partial charge in [-0.05, 0) is 24.6 Å². The van der Waals surface area contributed by atoms with Gasteiger partial charge in [0.05, 0.1) is 12.0 Å². The third kappa shape index (κ3) is 4.31. The molecule has 0 aliphatic rings. The summed E-state index contributed by atoms with van der Waals surface area (Å²) < 4.78 is 171. The summed E-state index contributed by atoms with van der Waals surface area (Å²) in [4.78, 5) is 1.48. The molecule has 1 atom stereocenters. The molecule has 1 aromatic carbocycles. The third-order valence-corrected chi connectivity index (χ3v) is 4.57. The number of nitrogens with zero attached hydrogens (tertiary/aromatic N) is 1. The average Bonchev–Trinajstić information content (AvgIpc) is 2.59. The molecule has 0 radical (unpaired) electrons. The first-order valence-corrected chi connectivity index (χ1v) is 8.33. The fraction of sp³-hybridized carbons (Fsp3) is 0.647. The zero-order valence-electron chi connectivity index (χ0n) is 16.3. The highest BCUT2D eigenvalue weighted by molar-refractivity contribution is 5.47. The molecule has 1 rings (SSSR count). The van der Waals surface area contributed by atoms with Gasteiger partial charge in [-0.25, -0.2) is 0 Å². The van der Waals surface area contributed by atoms with Gasteiger partial charge in [0.25, 0.3) is 0 Å². The van der Waals surface area contributed by atoms with E-state index in [1.165, 1.54) is 31.1 Å². The van der Waals surface area contributed by atoms with Crippen LogP contribution in [-0.2, 0) is 5.60 Å². The molecule has 0 heterocycles. The number of hydrogen-bond acceptors (Lipinski definition) is 2. The van der Waals surface area contributed by atoms with Gasteiger partial charge in [-0.3, -0.25) is 0 Å². The Hall–Kier alpha value is -1.93. The van der Waals surface area contributed by atoms with Crippen LogP contribution < -0.4 is 4.90 Å². The van der Waals surface area contributed by atoms with Gasteiger partial charge in [0, 0.05) is 19.8 Å². The third-order valence-electron chi connectivity index (χ3n) is 4.57. The Morgan fingerprint density at radius 3 is 1.38 bits per heavy atom. The fourth-order valence-electron chi connectivity index (χ4n) is 2.57. The molecule has 32 heavy (non-hydrogen) atoms. The number of hydrogen-bond donors (Lipinski definition) is 1. The van der Waals surface area contributed by atoms with Crippen LogP contribution in [0.4, 0.5) is 62.8 Å². The van der Waals surface area contributed by atoms with E-state index >= 15 is 0 Å². The van der Waals surface area contributed by atoms with Crippen LogP contribution in [0.3, 0.4) is 0 Å². The molecule has 0 fully saturated rings. The van der Waals surface area contributed by atoms with E-state index in [1.54, 1.807) is 0 Å². The number of halogens is 13. The van der Waals surface area contributed by atoms with E-state index in [2.05, 4.69) is 0 Å². The van der Waals surface area contributed by atoms with Gasteiger partial charge in [-0.1, -0.05) is 12.1 Å². The summed E-state index contributed by atoms with van der Waals surface area (Å²) in [7, 11) is 3.06. The number of anilines is 1. The first-order chi connectivity index (χ1) is 13.9. The Kier molecular flexibility index (Phi) is 6.88. The quantitative estimate of drug-likeness (QED) is 0.440. The molecule has 1 aromatic rings. The smallest absolute Gasteiger partial charge is 0.385 e. The van der Waals surface area contributed by atoms with Gasteiger partial charge >= 0.3 is 35.8 Å². The second-order valence-electron chi connectivity index (χ2n) is 7.39. The van der Waals surface area contributed by atoms with Crippen LogP contribution in [0.5, 0.6) is 0 Å². The number of alkyl halides is 13. The maximum Gasteiger partial charge on any atom is 0.460 e. The first-order valence-electron chi connectivity index (χ1n) is 8.33. The molecule has 0 aliphatic carbocycles. The average molecular weight is 497 g/mol. The predicted octanol–water partition coefficient (Wildman–Crippen LogP) is 6.09. The lowest BCUT2D eigenvalue weighted by Crippen LogP contribution is -2.70. The fourth-order valence-corrected chi connectivity index (χ4v) is 2.57. The Morgan fingerprint density at radius 2 is 1.03 bits per heavy atom. The summed E-state index contributed by atoms with van der Waals surface area (Å²) >= 11 is 0. The van der Waals surface area contributed by atoms with Crippen molar-refractivity contribution in [2.75, 3.05) is 19.0 Å². The highest BCUT2D eigenvalue weighted by Crippen LogP contribution is 2.61. The zero-order chi connectivity index (χ0) is 25.8. The zero-order valence-corrected chi connectivity index (χ0v) is 16.3. The summed E-state index contributed by atoms with van der Waals surface area (Å²) in [6.07, 6.45) is -10.2. The summed E-state index contributed by atoms with van der Waals surface area (Å²) in [6.45, 7) is 0.405. The highest BCUT2D eigenvalue weighted by atomic mass is 19.4. The maximum atomic E-state index is 14.0. The molecule has 0 amide bonds. The van der Waals surface area contributed by atoms with Gasteiger partial charge < -0.3 is 10.0 Å². The van der Waals surface area contributed by atoms with Crippen LogP contribution in [0.2, 0.25) is 0 Å². The largest absolute Gasteiger partial charge is 0.460 e. The van der Waals surface area contributed by atoms with Gasteiger partial charge in [0.1, 0.15) is 0 Å². The lowest BCUT2D eigenvalue weighted by atomic mass is 9.84. The van der Waals surface area contributed by atoms with E-state index in [9.17, 15) is 62.2 Å². The minimum absolute atomic E-state index is 0.405. The standard InChI is InChI=1S/C17H16F13NO/c1-11(32,9-4-6-10(7-5-9)31(2)3)8-12(18,19)13(20,21)14(22,23)15(24,25)16(26,27)17(28,29)30/h4-7,32H,8H2,1-3H3. The van der Waals surface area contributed by atoms with Crippen molar-refractivity contribution in [2.45, 2.75) is 54.7 Å². The van der Waals surface area contributed by atoms with Gasteiger partial charge in [0.15, 0.2) is 0 Å². The maximum absolute atomic E-state index is 14.0. The molecule has 0 saturated heterocycles. The van der Waals surface area contributed by atoms with Gasteiger partial charge in [-0.15, -0.1) is 0 Å². The SMILES string of the molecule is CN(C)c1ccc(C(C)(O)CC(F)(F)C(F)(F)C(F)(F)C(F)(F)C(F)(F)C(F)(F)F)cc1. The van der Waals surface area contributed by atoms with Crippen LogP contribution >= 0.6 is 0 Å². The van der Waals surface area contributed by atoms with Gasteiger partial charge in [0.2, 0.25) is 0 Å². The first kappa shape index (κ1) is 28.1. The van der Waals surface area contributed by atoms with E-state index in [0.29, 0.717) is 12.6 Å². The van der Waals surface area contributed by atoms with Crippen LogP contribution in [0.25, 0.3) is 0 Å². The van der Waals surface area contributed by atoms with Crippen molar-refractivity contribution in [3.05, 3.63) is 29.8 Å². The highest BCUT2D eigenvalue weighted by Gasteiger charge is 2.90. The summed E-state index contributed by atoms with van der Waals surface area (Å²) in [5.74, 6) is -37.4. The molecule has 0 bridgehead atoms. The molecule has 1 unspecified atom stereocenters. The number of aliphatic hydroxyl groups is 1. The molecule has 1 N–H and O–H groups in total. The van der Waals surface area contributed by atoms with Crippen LogP contribution in [0, 0.1) is 0 Å². The molecule has 15 heteroatoms. The second-order valence-corrected chi connectivity index (χ2v) is 7.39. The van der Waals surface area contributed by atoms with Gasteiger partial charge in [-0.2, -0.15) is 57.1 Å². The van der Waals surface area contributed by atoms with Crippen molar-refractivity contribution in [3.63, 3.8) is 0 Å². The lowest BCUT2D eigenvalue weighted by Gasteiger charge is -2.41. The molecule has 0 spiro atoms. The Bertz CT molecular complexity index is 798. The van der Waals surface area contributed by atoms with Crippen LogP contribution in [0.15, 0.2) is 24.3 Å². The van der Waals surface area contributed by atoms with E-state index in [4.69, 9.17) is 0 Å². The van der Waals surface area contributed by atoms with Crippen molar-refractivity contribution < 1.29 is 62.2 Å². The number of benzene rings is 1. The molecule has 186 valence electrons.